The Hall–Kier alpha value is -3.35. The van der Waals surface area contributed by atoms with Crippen molar-refractivity contribution in [1.29, 1.82) is 0 Å². The van der Waals surface area contributed by atoms with Gasteiger partial charge in [0.2, 0.25) is 11.3 Å². The molecule has 0 aliphatic carbocycles. The van der Waals surface area contributed by atoms with Gasteiger partial charge in [-0.25, -0.2) is 0 Å². The number of amides is 1. The number of carbonyl (C=O) groups excluding carboxylic acids is 1. The number of carbonyl (C=O) groups is 1. The van der Waals surface area contributed by atoms with Crippen LogP contribution in [0.5, 0.6) is 11.5 Å². The third kappa shape index (κ3) is 3.92. The third-order valence-electron chi connectivity index (χ3n) is 4.34. The number of para-hydroxylation sites is 1. The van der Waals surface area contributed by atoms with Gasteiger partial charge in [-0.05, 0) is 37.3 Å². The van der Waals surface area contributed by atoms with E-state index in [1.165, 1.54) is 10.9 Å². The molecule has 0 saturated heterocycles. The molecule has 27 heavy (non-hydrogen) atoms. The van der Waals surface area contributed by atoms with E-state index in [9.17, 15) is 9.59 Å². The van der Waals surface area contributed by atoms with Crippen molar-refractivity contribution in [3.63, 3.8) is 0 Å². The van der Waals surface area contributed by atoms with Crippen LogP contribution in [-0.2, 0) is 11.3 Å². The average molecular weight is 367 g/mol. The van der Waals surface area contributed by atoms with Crippen molar-refractivity contribution in [3.8, 4) is 11.5 Å². The van der Waals surface area contributed by atoms with E-state index in [0.29, 0.717) is 22.4 Å². The molecule has 3 rings (SSSR count). The van der Waals surface area contributed by atoms with Gasteiger partial charge >= 0.3 is 0 Å². The Labute approximate surface area is 156 Å². The molecule has 1 heterocycles. The van der Waals surface area contributed by atoms with Crippen LogP contribution in [0, 0.1) is 0 Å². The van der Waals surface area contributed by atoms with Gasteiger partial charge in [0.05, 0.1) is 32.0 Å². The molecule has 0 bridgehead atoms. The highest BCUT2D eigenvalue weighted by molar-refractivity contribution is 5.81. The second-order valence-corrected chi connectivity index (χ2v) is 6.08. The van der Waals surface area contributed by atoms with E-state index in [-0.39, 0.29) is 23.9 Å². The summed E-state index contributed by atoms with van der Waals surface area (Å²) in [6.45, 7) is 1.86. The number of fused-ring (bicyclic) bond motifs is 1. The fraction of sp³-hybridized carbons (Fsp3) is 0.250. The monoisotopic (exact) mass is 367 g/mol. The van der Waals surface area contributed by atoms with E-state index < -0.39 is 0 Å². The fourth-order valence-corrected chi connectivity index (χ4v) is 2.97. The van der Waals surface area contributed by atoms with Gasteiger partial charge in [-0.3, -0.25) is 14.3 Å². The SMILES string of the molecule is COc1ccc(OC)c(C(C)NC(=O)Cn2ncc(=O)c3ccccc32)c1. The summed E-state index contributed by atoms with van der Waals surface area (Å²) >= 11 is 0. The predicted octanol–water partition coefficient (Wildman–Crippen LogP) is 2.29. The molecule has 0 aliphatic heterocycles. The highest BCUT2D eigenvalue weighted by atomic mass is 16.5. The van der Waals surface area contributed by atoms with Crippen LogP contribution in [0.15, 0.2) is 53.5 Å². The first-order valence-corrected chi connectivity index (χ1v) is 8.49. The van der Waals surface area contributed by atoms with Crippen molar-refractivity contribution < 1.29 is 14.3 Å². The lowest BCUT2D eigenvalue weighted by molar-refractivity contribution is -0.122. The van der Waals surface area contributed by atoms with Gasteiger partial charge < -0.3 is 14.8 Å². The van der Waals surface area contributed by atoms with Crippen LogP contribution in [0.2, 0.25) is 0 Å². The van der Waals surface area contributed by atoms with Gasteiger partial charge in [-0.2, -0.15) is 5.10 Å². The summed E-state index contributed by atoms with van der Waals surface area (Å²) in [5.41, 5.74) is 1.26. The molecule has 1 atom stereocenters. The zero-order chi connectivity index (χ0) is 19.4. The van der Waals surface area contributed by atoms with E-state index in [1.54, 1.807) is 44.6 Å². The first-order valence-electron chi connectivity index (χ1n) is 8.49. The maximum Gasteiger partial charge on any atom is 0.242 e. The number of ether oxygens (including phenoxy) is 2. The minimum atomic E-state index is -0.298. The fourth-order valence-electron chi connectivity index (χ4n) is 2.97. The summed E-state index contributed by atoms with van der Waals surface area (Å²) in [4.78, 5) is 24.5. The number of hydrogen-bond acceptors (Lipinski definition) is 5. The van der Waals surface area contributed by atoms with E-state index in [4.69, 9.17) is 9.47 Å². The average Bonchev–Trinajstić information content (AvgIpc) is 2.69. The van der Waals surface area contributed by atoms with E-state index in [2.05, 4.69) is 10.4 Å². The Morgan fingerprint density at radius 2 is 1.96 bits per heavy atom. The van der Waals surface area contributed by atoms with Crippen LogP contribution in [0.3, 0.4) is 0 Å². The zero-order valence-electron chi connectivity index (χ0n) is 15.4. The number of nitrogens with zero attached hydrogens (tertiary/aromatic N) is 2. The zero-order valence-corrected chi connectivity index (χ0v) is 15.4. The first-order chi connectivity index (χ1) is 13.0. The highest BCUT2D eigenvalue weighted by Gasteiger charge is 2.16. The molecule has 0 aliphatic rings. The maximum atomic E-state index is 12.6. The van der Waals surface area contributed by atoms with E-state index in [1.807, 2.05) is 19.1 Å². The molecule has 7 nitrogen and oxygen atoms in total. The normalized spacial score (nSPS) is 11.8. The Morgan fingerprint density at radius 1 is 1.19 bits per heavy atom. The van der Waals surface area contributed by atoms with Crippen molar-refractivity contribution in [1.82, 2.24) is 15.1 Å². The van der Waals surface area contributed by atoms with Crippen molar-refractivity contribution in [3.05, 3.63) is 64.4 Å². The number of methoxy groups -OCH3 is 2. The first kappa shape index (κ1) is 18.4. The van der Waals surface area contributed by atoms with Crippen molar-refractivity contribution in [2.75, 3.05) is 14.2 Å². The number of benzene rings is 2. The van der Waals surface area contributed by atoms with Crippen LogP contribution in [0.1, 0.15) is 18.5 Å². The quantitative estimate of drug-likeness (QED) is 0.723. The summed E-state index contributed by atoms with van der Waals surface area (Å²) in [6.07, 6.45) is 1.23. The van der Waals surface area contributed by atoms with E-state index >= 15 is 0 Å². The van der Waals surface area contributed by atoms with Gasteiger partial charge in [0.15, 0.2) is 0 Å². The minimum absolute atomic E-state index is 0.00256. The van der Waals surface area contributed by atoms with Crippen LogP contribution in [0.25, 0.3) is 10.9 Å². The van der Waals surface area contributed by atoms with E-state index in [0.717, 1.165) is 5.56 Å². The van der Waals surface area contributed by atoms with Gasteiger partial charge in [0.1, 0.15) is 18.0 Å². The molecule has 0 saturated carbocycles. The Balaban J connectivity index is 1.81. The Morgan fingerprint density at radius 3 is 2.70 bits per heavy atom. The molecule has 0 fully saturated rings. The van der Waals surface area contributed by atoms with Crippen LogP contribution < -0.4 is 20.2 Å². The number of rotatable bonds is 6. The second-order valence-electron chi connectivity index (χ2n) is 6.08. The molecule has 3 aromatic rings. The largest absolute Gasteiger partial charge is 0.497 e. The molecule has 140 valence electrons. The molecular weight excluding hydrogens is 346 g/mol. The lowest BCUT2D eigenvalue weighted by Gasteiger charge is -2.19. The van der Waals surface area contributed by atoms with Crippen molar-refractivity contribution in [2.45, 2.75) is 19.5 Å². The van der Waals surface area contributed by atoms with Crippen molar-refractivity contribution >= 4 is 16.8 Å². The molecule has 1 N–H and O–H groups in total. The smallest absolute Gasteiger partial charge is 0.242 e. The number of hydrogen-bond donors (Lipinski definition) is 1. The van der Waals surface area contributed by atoms with Gasteiger partial charge in [0, 0.05) is 10.9 Å². The standard InChI is InChI=1S/C20H21N3O4/c1-13(16-10-14(26-2)8-9-19(16)27-3)22-20(25)12-23-17-7-5-4-6-15(17)18(24)11-21-23/h4-11,13H,12H2,1-3H3,(H,22,25). The molecule has 0 radical (unpaired) electrons. The molecular formula is C20H21N3O4. The summed E-state index contributed by atoms with van der Waals surface area (Å²) in [5.74, 6) is 1.11. The molecule has 1 aromatic heterocycles. The number of aromatic nitrogens is 2. The van der Waals surface area contributed by atoms with Crippen LogP contribution in [-0.4, -0.2) is 29.9 Å². The summed E-state index contributed by atoms with van der Waals surface area (Å²) in [5, 5.41) is 7.55. The molecule has 2 aromatic carbocycles. The summed E-state index contributed by atoms with van der Waals surface area (Å²) in [6, 6.07) is 12.2. The minimum Gasteiger partial charge on any atom is -0.497 e. The maximum absolute atomic E-state index is 12.6. The molecule has 1 amide bonds. The Kier molecular flexibility index (Phi) is 5.40. The number of nitrogens with one attached hydrogen (secondary N) is 1. The lowest BCUT2D eigenvalue weighted by Crippen LogP contribution is -2.31. The van der Waals surface area contributed by atoms with Crippen molar-refractivity contribution in [2.24, 2.45) is 0 Å². The second kappa shape index (κ2) is 7.90. The molecule has 7 heteroatoms. The third-order valence-corrected chi connectivity index (χ3v) is 4.34. The topological polar surface area (TPSA) is 82.4 Å². The van der Waals surface area contributed by atoms with Crippen LogP contribution in [0.4, 0.5) is 0 Å². The highest BCUT2D eigenvalue weighted by Crippen LogP contribution is 2.29. The van der Waals surface area contributed by atoms with Crippen LogP contribution >= 0.6 is 0 Å². The molecule has 0 spiro atoms. The summed E-state index contributed by atoms with van der Waals surface area (Å²) < 4.78 is 12.1. The lowest BCUT2D eigenvalue weighted by atomic mass is 10.1. The Bertz CT molecular complexity index is 1030. The van der Waals surface area contributed by atoms with Gasteiger partial charge in [-0.15, -0.1) is 0 Å². The van der Waals surface area contributed by atoms with Gasteiger partial charge in [0.25, 0.3) is 0 Å². The van der Waals surface area contributed by atoms with Gasteiger partial charge in [-0.1, -0.05) is 12.1 Å². The molecule has 1 unspecified atom stereocenters. The summed E-state index contributed by atoms with van der Waals surface area (Å²) in [7, 11) is 3.16. The predicted molar refractivity (Wildman–Crippen MR) is 102 cm³/mol.